The molecule has 0 aliphatic carbocycles. The van der Waals surface area contributed by atoms with Crippen LogP contribution in [0.15, 0.2) is 18.3 Å². The van der Waals surface area contributed by atoms with E-state index in [9.17, 15) is 14.4 Å². The minimum absolute atomic E-state index is 0.117. The number of pyridine rings is 1. The first-order valence-corrected chi connectivity index (χ1v) is 6.39. The SMILES string of the molecule is CC(C)CNC(=O)CNC(=O)Nc1ccc(C(=O)O)nc1. The van der Waals surface area contributed by atoms with Gasteiger partial charge in [0.05, 0.1) is 18.4 Å². The van der Waals surface area contributed by atoms with E-state index in [-0.39, 0.29) is 18.1 Å². The molecule has 0 saturated heterocycles. The third-order valence-electron chi connectivity index (χ3n) is 2.36. The third-order valence-corrected chi connectivity index (χ3v) is 2.36. The molecular weight excluding hydrogens is 276 g/mol. The van der Waals surface area contributed by atoms with E-state index in [1.807, 2.05) is 13.8 Å². The van der Waals surface area contributed by atoms with Gasteiger partial charge in [0.25, 0.3) is 0 Å². The fourth-order valence-electron chi connectivity index (χ4n) is 1.31. The Kier molecular flexibility index (Phi) is 6.12. The second-order valence-corrected chi connectivity index (χ2v) is 4.74. The zero-order chi connectivity index (χ0) is 15.8. The van der Waals surface area contributed by atoms with E-state index in [4.69, 9.17) is 5.11 Å². The fraction of sp³-hybridized carbons (Fsp3) is 0.385. The quantitative estimate of drug-likeness (QED) is 0.614. The number of amides is 3. The van der Waals surface area contributed by atoms with E-state index in [1.165, 1.54) is 18.3 Å². The number of aromatic nitrogens is 1. The molecule has 0 unspecified atom stereocenters. The first-order chi connectivity index (χ1) is 9.88. The normalized spacial score (nSPS) is 10.0. The number of aromatic carboxylic acids is 1. The lowest BCUT2D eigenvalue weighted by Gasteiger charge is -2.09. The van der Waals surface area contributed by atoms with Crippen molar-refractivity contribution in [2.75, 3.05) is 18.4 Å². The number of carbonyl (C=O) groups excluding carboxylic acids is 2. The fourth-order valence-corrected chi connectivity index (χ4v) is 1.31. The molecule has 0 aromatic carbocycles. The maximum Gasteiger partial charge on any atom is 0.354 e. The summed E-state index contributed by atoms with van der Waals surface area (Å²) >= 11 is 0. The lowest BCUT2D eigenvalue weighted by molar-refractivity contribution is -0.120. The standard InChI is InChI=1S/C13H18N4O4/c1-8(2)5-15-11(18)7-16-13(21)17-9-3-4-10(12(19)20)14-6-9/h3-4,6,8H,5,7H2,1-2H3,(H,15,18)(H,19,20)(H2,16,17,21). The van der Waals surface area contributed by atoms with Crippen LogP contribution in [0.5, 0.6) is 0 Å². The molecule has 1 heterocycles. The van der Waals surface area contributed by atoms with Gasteiger partial charge >= 0.3 is 12.0 Å². The van der Waals surface area contributed by atoms with Gasteiger partial charge in [-0.15, -0.1) is 0 Å². The number of hydrogen-bond acceptors (Lipinski definition) is 4. The number of hydrogen-bond donors (Lipinski definition) is 4. The number of rotatable bonds is 6. The van der Waals surface area contributed by atoms with E-state index in [1.54, 1.807) is 0 Å². The number of carboxylic acids is 1. The topological polar surface area (TPSA) is 120 Å². The van der Waals surface area contributed by atoms with E-state index >= 15 is 0 Å². The molecule has 0 saturated carbocycles. The largest absolute Gasteiger partial charge is 0.477 e. The van der Waals surface area contributed by atoms with E-state index < -0.39 is 12.0 Å². The van der Waals surface area contributed by atoms with Gasteiger partial charge in [-0.2, -0.15) is 0 Å². The van der Waals surface area contributed by atoms with Crippen LogP contribution in [-0.2, 0) is 4.79 Å². The summed E-state index contributed by atoms with van der Waals surface area (Å²) in [6, 6.07) is 2.11. The summed E-state index contributed by atoms with van der Waals surface area (Å²) in [5.74, 6) is -1.09. The van der Waals surface area contributed by atoms with Crippen LogP contribution in [0.3, 0.4) is 0 Å². The Bertz CT molecular complexity index is 513. The predicted molar refractivity (Wildman–Crippen MR) is 76.1 cm³/mol. The van der Waals surface area contributed by atoms with Crippen LogP contribution in [0.2, 0.25) is 0 Å². The van der Waals surface area contributed by atoms with E-state index in [0.29, 0.717) is 18.2 Å². The highest BCUT2D eigenvalue weighted by Crippen LogP contribution is 2.05. The van der Waals surface area contributed by atoms with Crippen molar-refractivity contribution in [1.29, 1.82) is 0 Å². The average Bonchev–Trinajstić information content (AvgIpc) is 2.43. The number of carbonyl (C=O) groups is 3. The molecule has 1 aromatic heterocycles. The van der Waals surface area contributed by atoms with Crippen LogP contribution in [0, 0.1) is 5.92 Å². The monoisotopic (exact) mass is 294 g/mol. The summed E-state index contributed by atoms with van der Waals surface area (Å²) < 4.78 is 0. The van der Waals surface area contributed by atoms with Crippen LogP contribution >= 0.6 is 0 Å². The Morgan fingerprint density at radius 2 is 1.95 bits per heavy atom. The molecule has 0 aliphatic rings. The molecule has 8 heteroatoms. The minimum Gasteiger partial charge on any atom is -0.477 e. The highest BCUT2D eigenvalue weighted by molar-refractivity contribution is 5.92. The summed E-state index contributed by atoms with van der Waals surface area (Å²) in [6.45, 7) is 4.34. The highest BCUT2D eigenvalue weighted by Gasteiger charge is 2.07. The molecule has 0 spiro atoms. The second-order valence-electron chi connectivity index (χ2n) is 4.74. The second kappa shape index (κ2) is 7.83. The molecule has 8 nitrogen and oxygen atoms in total. The summed E-state index contributed by atoms with van der Waals surface area (Å²) in [5, 5.41) is 16.2. The zero-order valence-electron chi connectivity index (χ0n) is 11.8. The highest BCUT2D eigenvalue weighted by atomic mass is 16.4. The van der Waals surface area contributed by atoms with E-state index in [2.05, 4.69) is 20.9 Å². The first kappa shape index (κ1) is 16.4. The van der Waals surface area contributed by atoms with Crippen LogP contribution in [0.1, 0.15) is 24.3 Å². The number of anilines is 1. The van der Waals surface area contributed by atoms with Gasteiger partial charge in [-0.1, -0.05) is 13.8 Å². The van der Waals surface area contributed by atoms with Gasteiger partial charge in [0.1, 0.15) is 5.69 Å². The lowest BCUT2D eigenvalue weighted by atomic mass is 10.2. The molecule has 0 atom stereocenters. The Balaban J connectivity index is 2.36. The summed E-state index contributed by atoms with van der Waals surface area (Å²) in [7, 11) is 0. The zero-order valence-corrected chi connectivity index (χ0v) is 11.8. The summed E-state index contributed by atoms with van der Waals surface area (Å²) in [4.78, 5) is 37.2. The molecule has 0 aliphatic heterocycles. The van der Waals surface area contributed by atoms with Gasteiger partial charge in [0.2, 0.25) is 5.91 Å². The molecule has 4 N–H and O–H groups in total. The molecule has 1 rings (SSSR count). The van der Waals surface area contributed by atoms with Gasteiger partial charge in [-0.25, -0.2) is 14.6 Å². The van der Waals surface area contributed by atoms with Crippen LogP contribution in [0.25, 0.3) is 0 Å². The van der Waals surface area contributed by atoms with Crippen molar-refractivity contribution in [3.8, 4) is 0 Å². The Hall–Kier alpha value is -2.64. The molecule has 21 heavy (non-hydrogen) atoms. The van der Waals surface area contributed by atoms with Crippen molar-refractivity contribution in [1.82, 2.24) is 15.6 Å². The molecular formula is C13H18N4O4. The molecule has 0 fully saturated rings. The number of nitrogens with zero attached hydrogens (tertiary/aromatic N) is 1. The van der Waals surface area contributed by atoms with Gasteiger partial charge in [-0.05, 0) is 18.1 Å². The van der Waals surface area contributed by atoms with Gasteiger partial charge in [0.15, 0.2) is 0 Å². The van der Waals surface area contributed by atoms with Gasteiger partial charge in [0, 0.05) is 6.54 Å². The third kappa shape index (κ3) is 6.37. The molecule has 0 bridgehead atoms. The van der Waals surface area contributed by atoms with Crippen molar-refractivity contribution in [3.63, 3.8) is 0 Å². The Morgan fingerprint density at radius 1 is 1.24 bits per heavy atom. The van der Waals surface area contributed by atoms with Gasteiger partial charge in [-0.3, -0.25) is 4.79 Å². The van der Waals surface area contributed by atoms with Crippen molar-refractivity contribution in [2.24, 2.45) is 5.92 Å². The summed E-state index contributed by atoms with van der Waals surface area (Å²) in [6.07, 6.45) is 1.22. The van der Waals surface area contributed by atoms with Crippen molar-refractivity contribution in [2.45, 2.75) is 13.8 Å². The summed E-state index contributed by atoms with van der Waals surface area (Å²) in [5.41, 5.74) is 0.217. The van der Waals surface area contributed by atoms with Crippen molar-refractivity contribution >= 4 is 23.6 Å². The lowest BCUT2D eigenvalue weighted by Crippen LogP contribution is -2.40. The van der Waals surface area contributed by atoms with Crippen molar-refractivity contribution in [3.05, 3.63) is 24.0 Å². The molecule has 3 amide bonds. The maximum atomic E-state index is 11.5. The van der Waals surface area contributed by atoms with Crippen LogP contribution in [0.4, 0.5) is 10.5 Å². The smallest absolute Gasteiger partial charge is 0.354 e. The first-order valence-electron chi connectivity index (χ1n) is 6.39. The van der Waals surface area contributed by atoms with Gasteiger partial charge < -0.3 is 21.1 Å². The average molecular weight is 294 g/mol. The minimum atomic E-state index is -1.15. The van der Waals surface area contributed by atoms with E-state index in [0.717, 1.165) is 0 Å². The molecule has 114 valence electrons. The Morgan fingerprint density at radius 3 is 2.48 bits per heavy atom. The Labute approximate surface area is 121 Å². The number of carboxylic acid groups (broad SMARTS) is 1. The van der Waals surface area contributed by atoms with Crippen LogP contribution in [-0.4, -0.2) is 41.1 Å². The predicted octanol–water partition coefficient (Wildman–Crippen LogP) is 0.673. The van der Waals surface area contributed by atoms with Crippen molar-refractivity contribution < 1.29 is 19.5 Å². The number of urea groups is 1. The van der Waals surface area contributed by atoms with Crippen LogP contribution < -0.4 is 16.0 Å². The molecule has 1 aromatic rings. The number of nitrogens with one attached hydrogen (secondary N) is 3. The molecule has 0 radical (unpaired) electrons. The maximum absolute atomic E-state index is 11.5.